The summed E-state index contributed by atoms with van der Waals surface area (Å²) in [6.07, 6.45) is 4.65. The van der Waals surface area contributed by atoms with Gasteiger partial charge in [-0.25, -0.2) is 13.8 Å². The van der Waals surface area contributed by atoms with E-state index in [1.165, 1.54) is 22.3 Å². The molecule has 3 aromatic carbocycles. The lowest BCUT2D eigenvalue weighted by Gasteiger charge is -2.35. The Morgan fingerprint density at radius 1 is 0.840 bits per heavy atom. The maximum Gasteiger partial charge on any atom is 0.258 e. The fourth-order valence-corrected chi connectivity index (χ4v) is 11.3. The second-order valence-electron chi connectivity index (χ2n) is 22.2. The molecule has 0 bridgehead atoms. The molecular formula is C60H75ClF2N6O11S. The number of aliphatic hydroxyl groups excluding tert-OH is 1. The fourth-order valence-electron chi connectivity index (χ4n) is 10.3. The molecule has 2 aromatic heterocycles. The maximum absolute atomic E-state index is 14.6. The van der Waals surface area contributed by atoms with Gasteiger partial charge in [0.15, 0.2) is 5.67 Å². The molecule has 3 aliphatic rings. The molecule has 3 heterocycles. The molecular weight excluding hydrogens is 1090 g/mol. The number of rotatable bonds is 28. The Morgan fingerprint density at radius 3 is 2.12 bits per heavy atom. The third-order valence-corrected chi connectivity index (χ3v) is 16.5. The Balaban J connectivity index is 0.683. The van der Waals surface area contributed by atoms with Gasteiger partial charge in [0.05, 0.1) is 85.6 Å². The monoisotopic (exact) mass is 1160 g/mol. The normalized spacial score (nSPS) is 19.4. The number of β-amino-alcohol motifs (C(OH)–C–C–N with tert-alkyl or cyclic N) is 1. The van der Waals surface area contributed by atoms with E-state index in [1.807, 2.05) is 38.1 Å². The van der Waals surface area contributed by atoms with Crippen molar-refractivity contribution in [3.8, 4) is 21.9 Å². The van der Waals surface area contributed by atoms with E-state index in [2.05, 4.69) is 25.9 Å². The predicted molar refractivity (Wildman–Crippen MR) is 305 cm³/mol. The first-order valence-corrected chi connectivity index (χ1v) is 29.1. The number of nitrogens with zero attached hydrogens (tertiary/aromatic N) is 3. The number of ether oxygens (including phenoxy) is 6. The molecule has 4 amide bonds. The Morgan fingerprint density at radius 2 is 1.49 bits per heavy atom. The summed E-state index contributed by atoms with van der Waals surface area (Å²) in [5.74, 6) is -0.937. The first kappa shape index (κ1) is 61.2. The molecule has 4 N–H and O–H groups in total. The standard InChI is InChI=1S/C60H75ClF2N6O11S/c1-37(39-6-8-40(9-7-39)46-16-19-64-49-15-12-43(62)31-47(46)49)55(71)67-44-13-14-48(61)52(32-44)80-29-27-78-25-23-76-21-20-75-22-24-77-26-28-79-51-30-41(53-38(2)66-36-81-53)10-11-42(51)34-65-56(72)50-33-45(70)35-69(50)57(73)54(59(3,4)5)68-58(74)60(63)17-18-60/h10-16,19,30-32,36-37,39-40,45,50,54,70H,6-9,17-18,20-29,33-35H2,1-5H3,(H,65,72)(H,67,71)(H,68,74)/t37-,39?,40?,45-,50+,54-/m1/s1. The van der Waals surface area contributed by atoms with Crippen molar-refractivity contribution in [2.24, 2.45) is 17.3 Å². The molecule has 2 saturated carbocycles. The number of aliphatic hydroxyl groups is 1. The zero-order chi connectivity index (χ0) is 57.7. The summed E-state index contributed by atoms with van der Waals surface area (Å²) in [7, 11) is 0. The van der Waals surface area contributed by atoms with Gasteiger partial charge in [-0.3, -0.25) is 24.2 Å². The molecule has 438 valence electrons. The Bertz CT molecular complexity index is 2950. The summed E-state index contributed by atoms with van der Waals surface area (Å²) in [4.78, 5) is 64.8. The van der Waals surface area contributed by atoms with Crippen LogP contribution in [0, 0.1) is 30.0 Å². The van der Waals surface area contributed by atoms with Crippen LogP contribution in [-0.4, -0.2) is 140 Å². The lowest BCUT2D eigenvalue weighted by molar-refractivity contribution is -0.145. The topological polar surface area (TPSA) is 209 Å². The molecule has 4 atom stereocenters. The number of benzene rings is 3. The number of anilines is 1. The molecule has 8 rings (SSSR count). The average molecular weight is 1160 g/mol. The van der Waals surface area contributed by atoms with Crippen molar-refractivity contribution >= 4 is 63.2 Å². The zero-order valence-corrected chi connectivity index (χ0v) is 48.3. The zero-order valence-electron chi connectivity index (χ0n) is 46.7. The number of amides is 4. The average Bonchev–Trinajstić information content (AvgIpc) is 3.97. The number of pyridine rings is 1. The van der Waals surface area contributed by atoms with Crippen LogP contribution in [0.5, 0.6) is 11.5 Å². The number of hydrogen-bond acceptors (Lipinski definition) is 14. The Hall–Kier alpha value is -5.87. The predicted octanol–water partition coefficient (Wildman–Crippen LogP) is 9.14. The highest BCUT2D eigenvalue weighted by Gasteiger charge is 2.53. The van der Waals surface area contributed by atoms with Crippen molar-refractivity contribution in [3.05, 3.63) is 100 Å². The van der Waals surface area contributed by atoms with E-state index in [1.54, 1.807) is 62.8 Å². The molecule has 21 heteroatoms. The van der Waals surface area contributed by atoms with Gasteiger partial charge in [0.2, 0.25) is 17.7 Å². The largest absolute Gasteiger partial charge is 0.491 e. The molecule has 3 fully saturated rings. The molecule has 0 unspecified atom stereocenters. The van der Waals surface area contributed by atoms with Crippen LogP contribution in [0.3, 0.4) is 0 Å². The van der Waals surface area contributed by atoms with Crippen LogP contribution < -0.4 is 25.4 Å². The number of carbonyl (C=O) groups excluding carboxylic acids is 4. The summed E-state index contributed by atoms with van der Waals surface area (Å²) in [5.41, 5.74) is 3.93. The van der Waals surface area contributed by atoms with E-state index in [0.717, 1.165) is 58.3 Å². The van der Waals surface area contributed by atoms with Gasteiger partial charge < -0.3 is 54.4 Å². The summed E-state index contributed by atoms with van der Waals surface area (Å²) in [5, 5.41) is 20.5. The van der Waals surface area contributed by atoms with Crippen molar-refractivity contribution in [3.63, 3.8) is 0 Å². The third kappa shape index (κ3) is 16.7. The highest BCUT2D eigenvalue weighted by atomic mass is 35.5. The molecule has 0 radical (unpaired) electrons. The van der Waals surface area contributed by atoms with E-state index in [9.17, 15) is 33.1 Å². The third-order valence-electron chi connectivity index (χ3n) is 15.2. The molecule has 1 aliphatic heterocycles. The first-order valence-electron chi connectivity index (χ1n) is 27.9. The molecule has 0 spiro atoms. The van der Waals surface area contributed by atoms with E-state index < -0.39 is 47.0 Å². The van der Waals surface area contributed by atoms with Crippen LogP contribution in [0.4, 0.5) is 14.5 Å². The van der Waals surface area contributed by atoms with Gasteiger partial charge in [-0.15, -0.1) is 11.3 Å². The number of halogens is 3. The van der Waals surface area contributed by atoms with Gasteiger partial charge in [0.25, 0.3) is 5.91 Å². The molecule has 1 saturated heterocycles. The quantitative estimate of drug-likeness (QED) is 0.0345. The Labute approximate surface area is 481 Å². The van der Waals surface area contributed by atoms with E-state index in [0.29, 0.717) is 79.9 Å². The van der Waals surface area contributed by atoms with Gasteiger partial charge in [-0.1, -0.05) is 51.4 Å². The van der Waals surface area contributed by atoms with E-state index in [-0.39, 0.29) is 75.7 Å². The van der Waals surface area contributed by atoms with Gasteiger partial charge >= 0.3 is 0 Å². The van der Waals surface area contributed by atoms with Gasteiger partial charge in [-0.05, 0) is 116 Å². The second kappa shape index (κ2) is 28.4. The van der Waals surface area contributed by atoms with Crippen LogP contribution in [0.15, 0.2) is 72.4 Å². The fraction of sp³-hybridized carbons (Fsp3) is 0.533. The number of alkyl halides is 1. The highest BCUT2D eigenvalue weighted by molar-refractivity contribution is 7.13. The molecule has 2 aliphatic carbocycles. The minimum Gasteiger partial charge on any atom is -0.491 e. The van der Waals surface area contributed by atoms with Crippen LogP contribution >= 0.6 is 22.9 Å². The SMILES string of the molecule is Cc1ncsc1-c1ccc(CNC(=O)[C@@H]2C[C@@H](O)CN2C(=O)[C@@H](NC(=O)C2(F)CC2)C(C)(C)C)c(OCCOCCOCCOCCOCCOc2cc(NC(=O)[C@H](C)C3CCC(c4ccnc5ccc(F)cc45)CC3)ccc2Cl)c1. The minimum absolute atomic E-state index is 0.00632. The number of fused-ring (bicyclic) bond motifs is 1. The highest BCUT2D eigenvalue weighted by Crippen LogP contribution is 2.42. The maximum atomic E-state index is 14.6. The lowest BCUT2D eigenvalue weighted by Crippen LogP contribution is -2.59. The first-order chi connectivity index (χ1) is 38.9. The van der Waals surface area contributed by atoms with Crippen molar-refractivity contribution in [1.29, 1.82) is 0 Å². The number of hydrogen-bond donors (Lipinski definition) is 4. The summed E-state index contributed by atoms with van der Waals surface area (Å²) < 4.78 is 63.6. The molecule has 17 nitrogen and oxygen atoms in total. The van der Waals surface area contributed by atoms with Crippen LogP contribution in [0.25, 0.3) is 21.3 Å². The number of likely N-dealkylation sites (tertiary alicyclic amines) is 1. The number of aromatic nitrogens is 2. The van der Waals surface area contributed by atoms with Crippen molar-refractivity contribution in [1.82, 2.24) is 25.5 Å². The van der Waals surface area contributed by atoms with Crippen LogP contribution in [0.1, 0.15) is 95.4 Å². The van der Waals surface area contributed by atoms with Gasteiger partial charge in [0, 0.05) is 54.3 Å². The van der Waals surface area contributed by atoms with Gasteiger partial charge in [-0.2, -0.15) is 0 Å². The number of thiazole rings is 1. The van der Waals surface area contributed by atoms with Crippen LogP contribution in [-0.2, 0) is 44.7 Å². The lowest BCUT2D eigenvalue weighted by atomic mass is 9.73. The van der Waals surface area contributed by atoms with Crippen molar-refractivity contribution in [2.75, 3.05) is 77.9 Å². The summed E-state index contributed by atoms with van der Waals surface area (Å²) in [6, 6.07) is 15.4. The van der Waals surface area contributed by atoms with Gasteiger partial charge in [0.1, 0.15) is 42.6 Å². The van der Waals surface area contributed by atoms with Crippen LogP contribution in [0.2, 0.25) is 5.02 Å². The number of carbonyl (C=O) groups is 4. The summed E-state index contributed by atoms with van der Waals surface area (Å²) >= 11 is 7.93. The Kier molecular flexibility index (Phi) is 21.5. The van der Waals surface area contributed by atoms with Crippen molar-refractivity contribution in [2.45, 2.75) is 116 Å². The molecule has 81 heavy (non-hydrogen) atoms. The smallest absolute Gasteiger partial charge is 0.258 e. The minimum atomic E-state index is -1.98. The second-order valence-corrected chi connectivity index (χ2v) is 23.4. The van der Waals surface area contributed by atoms with E-state index in [4.69, 9.17) is 40.0 Å². The summed E-state index contributed by atoms with van der Waals surface area (Å²) in [6.45, 7) is 12.2. The number of nitrogens with one attached hydrogen (secondary N) is 3. The van der Waals surface area contributed by atoms with Crippen molar-refractivity contribution < 1.29 is 61.5 Å². The van der Waals surface area contributed by atoms with E-state index >= 15 is 0 Å². The number of aryl methyl sites for hydroxylation is 1. The molecule has 5 aromatic rings.